The number of fused-ring (bicyclic) bond motifs is 3. The van der Waals surface area contributed by atoms with Crippen molar-refractivity contribution in [2.75, 3.05) is 6.54 Å². The van der Waals surface area contributed by atoms with Crippen LogP contribution in [0.3, 0.4) is 0 Å². The summed E-state index contributed by atoms with van der Waals surface area (Å²) in [5.74, 6) is -1.50. The smallest absolute Gasteiger partial charge is 0.316 e. The van der Waals surface area contributed by atoms with Gasteiger partial charge in [-0.1, -0.05) is 48.5 Å². The maximum Gasteiger partial charge on any atom is 0.316 e. The van der Waals surface area contributed by atoms with Gasteiger partial charge in [0.2, 0.25) is 0 Å². The number of hydrogen-bond donors (Lipinski definition) is 1. The van der Waals surface area contributed by atoms with Gasteiger partial charge in [0, 0.05) is 29.7 Å². The molecule has 0 spiro atoms. The average molecular weight is 433 g/mol. The van der Waals surface area contributed by atoms with Gasteiger partial charge in [0.15, 0.2) is 5.78 Å². The number of esters is 1. The molecular weight excluding hydrogens is 400 g/mol. The van der Waals surface area contributed by atoms with Crippen molar-refractivity contribution in [1.29, 1.82) is 0 Å². The van der Waals surface area contributed by atoms with E-state index in [1.807, 2.05) is 64.1 Å². The van der Waals surface area contributed by atoms with E-state index in [0.29, 0.717) is 6.54 Å². The molecule has 0 amide bonds. The molecule has 1 aliphatic heterocycles. The first-order valence-corrected chi connectivity index (χ1v) is 11.3. The van der Waals surface area contributed by atoms with Crippen LogP contribution in [0.25, 0.3) is 10.9 Å². The van der Waals surface area contributed by atoms with Gasteiger partial charge in [-0.3, -0.25) is 14.5 Å². The number of benzene rings is 2. The van der Waals surface area contributed by atoms with Crippen molar-refractivity contribution in [1.82, 2.24) is 9.88 Å². The monoisotopic (exact) mass is 432 g/mol. The third kappa shape index (κ3) is 3.97. The Morgan fingerprint density at radius 2 is 1.75 bits per heavy atom. The molecule has 0 bridgehead atoms. The molecule has 168 valence electrons. The molecule has 3 aromatic rings. The number of carbonyl (C=O) groups excluding carboxylic acids is 2. The number of ketones is 1. The van der Waals surface area contributed by atoms with Crippen LogP contribution < -0.4 is 0 Å². The summed E-state index contributed by atoms with van der Waals surface area (Å²) in [7, 11) is 0. The van der Waals surface area contributed by atoms with Gasteiger partial charge in [0.25, 0.3) is 0 Å². The molecule has 5 heteroatoms. The molecule has 1 aliphatic rings. The molecule has 0 radical (unpaired) electrons. The first-order valence-electron chi connectivity index (χ1n) is 11.3. The molecule has 0 saturated heterocycles. The van der Waals surface area contributed by atoms with Crippen LogP contribution in [-0.4, -0.2) is 33.8 Å². The Balaban J connectivity index is 1.79. The van der Waals surface area contributed by atoms with Gasteiger partial charge in [-0.25, -0.2) is 0 Å². The molecule has 0 saturated carbocycles. The Labute approximate surface area is 189 Å². The van der Waals surface area contributed by atoms with E-state index in [0.717, 1.165) is 40.7 Å². The summed E-state index contributed by atoms with van der Waals surface area (Å²) in [5.41, 5.74) is 2.59. The van der Waals surface area contributed by atoms with Gasteiger partial charge in [-0.05, 0) is 58.2 Å². The van der Waals surface area contributed by atoms with E-state index in [1.165, 1.54) is 0 Å². The standard InChI is InChI=1S/C27H32N2O3/c1-18(25(31)32-26(2,3)4)24(30)27(5)23-21(20-13-9-10-14-22(20)28-23)15-16-29(27)17-19-11-7-6-8-12-19/h6-14,18,28H,15-17H2,1-5H3. The molecular formula is C27H32N2O3. The normalized spacial score (nSPS) is 20.0. The molecule has 2 heterocycles. The van der Waals surface area contributed by atoms with Gasteiger partial charge in [0.1, 0.15) is 17.1 Å². The minimum atomic E-state index is -0.973. The predicted octanol–water partition coefficient (Wildman–Crippen LogP) is 4.99. The number of nitrogens with one attached hydrogen (secondary N) is 1. The zero-order valence-electron chi connectivity index (χ0n) is 19.6. The number of Topliss-reactive ketones (excluding diaryl/α,β-unsaturated/α-hetero) is 1. The minimum Gasteiger partial charge on any atom is -0.459 e. The zero-order chi connectivity index (χ0) is 23.1. The highest BCUT2D eigenvalue weighted by Gasteiger charge is 2.49. The van der Waals surface area contributed by atoms with Crippen LogP contribution in [0.15, 0.2) is 54.6 Å². The van der Waals surface area contributed by atoms with Crippen LogP contribution in [0.1, 0.15) is 51.4 Å². The maximum absolute atomic E-state index is 14.0. The summed E-state index contributed by atoms with van der Waals surface area (Å²) in [6.07, 6.45) is 0.843. The van der Waals surface area contributed by atoms with Gasteiger partial charge in [-0.15, -0.1) is 0 Å². The number of hydrogen-bond acceptors (Lipinski definition) is 4. The highest BCUT2D eigenvalue weighted by atomic mass is 16.6. The summed E-state index contributed by atoms with van der Waals surface area (Å²) in [4.78, 5) is 32.6. The topological polar surface area (TPSA) is 62.4 Å². The molecule has 0 fully saturated rings. The lowest BCUT2D eigenvalue weighted by Crippen LogP contribution is -2.56. The van der Waals surface area contributed by atoms with Gasteiger partial charge in [0.05, 0.1) is 0 Å². The fourth-order valence-corrected chi connectivity index (χ4v) is 4.74. The summed E-state index contributed by atoms with van der Waals surface area (Å²) in [5, 5.41) is 1.14. The van der Waals surface area contributed by atoms with E-state index in [4.69, 9.17) is 4.74 Å². The summed E-state index contributed by atoms with van der Waals surface area (Å²) in [6, 6.07) is 18.3. The number of para-hydroxylation sites is 1. The number of H-pyrrole nitrogens is 1. The number of nitrogens with zero attached hydrogens (tertiary/aromatic N) is 1. The second-order valence-corrected chi connectivity index (χ2v) is 9.87. The van der Waals surface area contributed by atoms with Crippen molar-refractivity contribution in [2.45, 2.75) is 58.7 Å². The fraction of sp³-hybridized carbons (Fsp3) is 0.407. The molecule has 0 aliphatic carbocycles. The lowest BCUT2D eigenvalue weighted by atomic mass is 9.78. The lowest BCUT2D eigenvalue weighted by molar-refractivity contribution is -0.164. The Morgan fingerprint density at radius 1 is 1.09 bits per heavy atom. The number of aromatic nitrogens is 1. The molecule has 4 rings (SSSR count). The number of rotatable bonds is 5. The Hall–Kier alpha value is -2.92. The van der Waals surface area contributed by atoms with Gasteiger partial charge < -0.3 is 9.72 Å². The lowest BCUT2D eigenvalue weighted by Gasteiger charge is -2.44. The SMILES string of the molecule is CC(C(=O)OC(C)(C)C)C(=O)C1(C)c2[nH]c3ccccc3c2CCN1Cc1ccccc1. The molecule has 32 heavy (non-hydrogen) atoms. The molecule has 1 N–H and O–H groups in total. The van der Waals surface area contributed by atoms with Crippen molar-refractivity contribution >= 4 is 22.7 Å². The Kier molecular flexibility index (Phi) is 5.72. The van der Waals surface area contributed by atoms with E-state index in [-0.39, 0.29) is 5.78 Å². The van der Waals surface area contributed by atoms with Crippen LogP contribution >= 0.6 is 0 Å². The van der Waals surface area contributed by atoms with Crippen LogP contribution in [0.5, 0.6) is 0 Å². The van der Waals surface area contributed by atoms with Crippen molar-refractivity contribution in [2.24, 2.45) is 5.92 Å². The van der Waals surface area contributed by atoms with Crippen molar-refractivity contribution in [3.8, 4) is 0 Å². The quantitative estimate of drug-likeness (QED) is 0.456. The van der Waals surface area contributed by atoms with Crippen LogP contribution in [0, 0.1) is 5.92 Å². The van der Waals surface area contributed by atoms with Gasteiger partial charge in [-0.2, -0.15) is 0 Å². The fourth-order valence-electron chi connectivity index (χ4n) is 4.74. The second kappa shape index (κ2) is 8.21. The van der Waals surface area contributed by atoms with Crippen molar-refractivity contribution in [3.63, 3.8) is 0 Å². The van der Waals surface area contributed by atoms with E-state index < -0.39 is 23.0 Å². The number of ether oxygens (including phenoxy) is 1. The van der Waals surface area contributed by atoms with Crippen molar-refractivity contribution in [3.05, 3.63) is 71.4 Å². The summed E-state index contributed by atoms with van der Waals surface area (Å²) < 4.78 is 5.57. The number of aromatic amines is 1. The first kappa shape index (κ1) is 22.3. The highest BCUT2D eigenvalue weighted by molar-refractivity contribution is 6.05. The average Bonchev–Trinajstić information content (AvgIpc) is 3.14. The minimum absolute atomic E-state index is 0.143. The van der Waals surface area contributed by atoms with Crippen LogP contribution in [-0.2, 0) is 32.8 Å². The highest BCUT2D eigenvalue weighted by Crippen LogP contribution is 2.41. The molecule has 2 atom stereocenters. The third-order valence-corrected chi connectivity index (χ3v) is 6.41. The molecule has 5 nitrogen and oxygen atoms in total. The second-order valence-electron chi connectivity index (χ2n) is 9.87. The number of carbonyl (C=O) groups is 2. The van der Waals surface area contributed by atoms with E-state index in [9.17, 15) is 9.59 Å². The van der Waals surface area contributed by atoms with Crippen molar-refractivity contribution < 1.29 is 14.3 Å². The molecule has 1 aromatic heterocycles. The predicted molar refractivity (Wildman–Crippen MR) is 126 cm³/mol. The van der Waals surface area contributed by atoms with E-state index in [1.54, 1.807) is 6.92 Å². The Bertz CT molecular complexity index is 1140. The van der Waals surface area contributed by atoms with Gasteiger partial charge >= 0.3 is 5.97 Å². The summed E-state index contributed by atoms with van der Waals surface area (Å²) >= 11 is 0. The molecule has 2 aromatic carbocycles. The Morgan fingerprint density at radius 3 is 2.44 bits per heavy atom. The largest absolute Gasteiger partial charge is 0.459 e. The van der Waals surface area contributed by atoms with Crippen LogP contribution in [0.2, 0.25) is 0 Å². The third-order valence-electron chi connectivity index (χ3n) is 6.41. The zero-order valence-corrected chi connectivity index (χ0v) is 19.6. The van der Waals surface area contributed by atoms with Crippen LogP contribution in [0.4, 0.5) is 0 Å². The molecule has 2 unspecified atom stereocenters. The van der Waals surface area contributed by atoms with E-state index in [2.05, 4.69) is 28.1 Å². The van der Waals surface area contributed by atoms with E-state index >= 15 is 0 Å². The summed E-state index contributed by atoms with van der Waals surface area (Å²) in [6.45, 7) is 10.4. The maximum atomic E-state index is 14.0. The first-order chi connectivity index (χ1) is 15.1.